The summed E-state index contributed by atoms with van der Waals surface area (Å²) in [6.07, 6.45) is 3.00. The maximum Gasteiger partial charge on any atom is 0.331 e. The van der Waals surface area contributed by atoms with Crippen molar-refractivity contribution >= 4 is 12.0 Å². The first-order valence-corrected chi connectivity index (χ1v) is 7.96. The zero-order chi connectivity index (χ0) is 18.1. The molecule has 0 fully saturated rings. The summed E-state index contributed by atoms with van der Waals surface area (Å²) in [7, 11) is 3.12. The number of rotatable bonds is 8. The van der Waals surface area contributed by atoms with Gasteiger partial charge in [-0.3, -0.25) is 0 Å². The molecule has 0 bridgehead atoms. The Morgan fingerprint density at radius 1 is 1.00 bits per heavy atom. The van der Waals surface area contributed by atoms with E-state index in [9.17, 15) is 4.79 Å². The highest BCUT2D eigenvalue weighted by atomic mass is 16.5. The third-order valence-electron chi connectivity index (χ3n) is 3.47. The second-order valence-electron chi connectivity index (χ2n) is 5.06. The van der Waals surface area contributed by atoms with Crippen molar-refractivity contribution in [3.63, 3.8) is 0 Å². The third kappa shape index (κ3) is 5.01. The largest absolute Gasteiger partial charge is 0.493 e. The summed E-state index contributed by atoms with van der Waals surface area (Å²) >= 11 is 0. The van der Waals surface area contributed by atoms with Gasteiger partial charge in [0.1, 0.15) is 12.4 Å². The van der Waals surface area contributed by atoms with Crippen molar-refractivity contribution in [1.82, 2.24) is 0 Å². The van der Waals surface area contributed by atoms with Crippen LogP contribution in [0.1, 0.15) is 18.1 Å². The zero-order valence-electron chi connectivity index (χ0n) is 14.7. The molecule has 0 aromatic heterocycles. The average Bonchev–Trinajstić information content (AvgIpc) is 2.65. The van der Waals surface area contributed by atoms with Gasteiger partial charge in [-0.15, -0.1) is 0 Å². The van der Waals surface area contributed by atoms with Crippen molar-refractivity contribution in [2.75, 3.05) is 20.8 Å². The summed E-state index contributed by atoms with van der Waals surface area (Å²) in [5.74, 6) is 1.44. The molecular weight excluding hydrogens is 320 g/mol. The van der Waals surface area contributed by atoms with Crippen LogP contribution in [0.4, 0.5) is 0 Å². The van der Waals surface area contributed by atoms with Gasteiger partial charge in [0, 0.05) is 17.2 Å². The van der Waals surface area contributed by atoms with Gasteiger partial charge in [-0.1, -0.05) is 30.3 Å². The van der Waals surface area contributed by atoms with E-state index in [-0.39, 0.29) is 6.61 Å². The molecule has 0 amide bonds. The number of carbonyl (C=O) groups is 1. The van der Waals surface area contributed by atoms with E-state index in [2.05, 4.69) is 0 Å². The standard InChI is InChI=1S/C20H22O5/c1-4-24-17-10-6-5-8-16(17)14-25-19(21)13-12-15-9-7-11-18(22-2)20(15)23-3/h5-13H,4,14H2,1-3H3/b13-12+. The van der Waals surface area contributed by atoms with Gasteiger partial charge in [0.15, 0.2) is 11.5 Å². The first kappa shape index (κ1) is 18.4. The fraction of sp³-hybridized carbons (Fsp3) is 0.250. The number of para-hydroxylation sites is 2. The lowest BCUT2D eigenvalue weighted by atomic mass is 10.1. The second-order valence-corrected chi connectivity index (χ2v) is 5.06. The summed E-state index contributed by atoms with van der Waals surface area (Å²) in [6.45, 7) is 2.61. The lowest BCUT2D eigenvalue weighted by Gasteiger charge is -2.10. The zero-order valence-corrected chi connectivity index (χ0v) is 14.7. The highest BCUT2D eigenvalue weighted by Gasteiger charge is 2.08. The van der Waals surface area contributed by atoms with Crippen LogP contribution in [-0.4, -0.2) is 26.8 Å². The molecule has 25 heavy (non-hydrogen) atoms. The van der Waals surface area contributed by atoms with E-state index in [1.807, 2.05) is 43.3 Å². The first-order valence-electron chi connectivity index (χ1n) is 7.96. The molecule has 0 aliphatic carbocycles. The van der Waals surface area contributed by atoms with Gasteiger partial charge in [-0.25, -0.2) is 4.79 Å². The molecule has 2 rings (SSSR count). The van der Waals surface area contributed by atoms with Crippen LogP contribution in [0.15, 0.2) is 48.5 Å². The van der Waals surface area contributed by atoms with Crippen LogP contribution in [0.2, 0.25) is 0 Å². The summed E-state index contributed by atoms with van der Waals surface area (Å²) in [5.41, 5.74) is 1.55. The fourth-order valence-corrected chi connectivity index (χ4v) is 2.32. The minimum absolute atomic E-state index is 0.147. The Bertz CT molecular complexity index is 737. The molecule has 0 heterocycles. The maximum atomic E-state index is 12.0. The fourth-order valence-electron chi connectivity index (χ4n) is 2.32. The van der Waals surface area contributed by atoms with E-state index in [0.717, 1.165) is 16.9 Å². The maximum absolute atomic E-state index is 12.0. The molecule has 2 aromatic rings. The first-order chi connectivity index (χ1) is 12.2. The molecule has 0 aliphatic heterocycles. The normalized spacial score (nSPS) is 10.5. The van der Waals surface area contributed by atoms with E-state index in [0.29, 0.717) is 18.1 Å². The van der Waals surface area contributed by atoms with Gasteiger partial charge in [-0.05, 0) is 25.1 Å². The Labute approximate surface area is 147 Å². The summed E-state index contributed by atoms with van der Waals surface area (Å²) in [6, 6.07) is 12.9. The molecule has 0 radical (unpaired) electrons. The smallest absolute Gasteiger partial charge is 0.331 e. The number of hydrogen-bond acceptors (Lipinski definition) is 5. The third-order valence-corrected chi connectivity index (χ3v) is 3.47. The number of carbonyl (C=O) groups excluding carboxylic acids is 1. The monoisotopic (exact) mass is 342 g/mol. The van der Waals surface area contributed by atoms with Crippen LogP contribution in [0.3, 0.4) is 0 Å². The molecule has 2 aromatic carbocycles. The lowest BCUT2D eigenvalue weighted by Crippen LogP contribution is -2.03. The van der Waals surface area contributed by atoms with Gasteiger partial charge in [-0.2, -0.15) is 0 Å². The molecule has 0 saturated carbocycles. The number of benzene rings is 2. The van der Waals surface area contributed by atoms with Crippen LogP contribution < -0.4 is 14.2 Å². The van der Waals surface area contributed by atoms with Gasteiger partial charge < -0.3 is 18.9 Å². The minimum atomic E-state index is -0.448. The Kier molecular flexibility index (Phi) is 6.89. The molecule has 132 valence electrons. The van der Waals surface area contributed by atoms with E-state index >= 15 is 0 Å². The number of ether oxygens (including phenoxy) is 4. The molecule has 0 saturated heterocycles. The molecule has 0 aliphatic rings. The van der Waals surface area contributed by atoms with Crippen molar-refractivity contribution in [1.29, 1.82) is 0 Å². The van der Waals surface area contributed by atoms with Gasteiger partial charge >= 0.3 is 5.97 Å². The second kappa shape index (κ2) is 9.37. The molecule has 0 N–H and O–H groups in total. The van der Waals surface area contributed by atoms with Crippen molar-refractivity contribution in [2.24, 2.45) is 0 Å². The van der Waals surface area contributed by atoms with Crippen molar-refractivity contribution in [3.8, 4) is 17.2 Å². The van der Waals surface area contributed by atoms with Crippen molar-refractivity contribution in [3.05, 3.63) is 59.7 Å². The SMILES string of the molecule is CCOc1ccccc1COC(=O)/C=C/c1cccc(OC)c1OC. The van der Waals surface area contributed by atoms with Crippen LogP contribution in [0, 0.1) is 0 Å². The topological polar surface area (TPSA) is 54.0 Å². The van der Waals surface area contributed by atoms with E-state index < -0.39 is 5.97 Å². The van der Waals surface area contributed by atoms with E-state index in [4.69, 9.17) is 18.9 Å². The minimum Gasteiger partial charge on any atom is -0.493 e. The van der Waals surface area contributed by atoms with Crippen LogP contribution >= 0.6 is 0 Å². The predicted octanol–water partition coefficient (Wildman–Crippen LogP) is 3.86. The van der Waals surface area contributed by atoms with Gasteiger partial charge in [0.05, 0.1) is 20.8 Å². The molecule has 0 unspecified atom stereocenters. The summed E-state index contributed by atoms with van der Waals surface area (Å²) in [5, 5.41) is 0. The van der Waals surface area contributed by atoms with Crippen LogP contribution in [-0.2, 0) is 16.1 Å². The molecular formula is C20H22O5. The predicted molar refractivity (Wildman–Crippen MR) is 96.0 cm³/mol. The quantitative estimate of drug-likeness (QED) is 0.539. The molecule has 5 nitrogen and oxygen atoms in total. The summed E-state index contributed by atoms with van der Waals surface area (Å²) < 4.78 is 21.4. The Morgan fingerprint density at radius 3 is 2.48 bits per heavy atom. The highest BCUT2D eigenvalue weighted by molar-refractivity contribution is 5.87. The van der Waals surface area contributed by atoms with Crippen LogP contribution in [0.25, 0.3) is 6.08 Å². The van der Waals surface area contributed by atoms with Crippen molar-refractivity contribution in [2.45, 2.75) is 13.5 Å². The number of methoxy groups -OCH3 is 2. The molecule has 0 atom stereocenters. The molecule has 5 heteroatoms. The number of hydrogen-bond donors (Lipinski definition) is 0. The van der Waals surface area contributed by atoms with Crippen LogP contribution in [0.5, 0.6) is 17.2 Å². The lowest BCUT2D eigenvalue weighted by molar-refractivity contribution is -0.138. The van der Waals surface area contributed by atoms with E-state index in [1.165, 1.54) is 6.08 Å². The Balaban J connectivity index is 2.03. The number of esters is 1. The van der Waals surface area contributed by atoms with Gasteiger partial charge in [0.2, 0.25) is 0 Å². The van der Waals surface area contributed by atoms with E-state index in [1.54, 1.807) is 26.4 Å². The Morgan fingerprint density at radius 2 is 1.76 bits per heavy atom. The average molecular weight is 342 g/mol. The summed E-state index contributed by atoms with van der Waals surface area (Å²) in [4.78, 5) is 12.0. The Hall–Kier alpha value is -2.95. The highest BCUT2D eigenvalue weighted by Crippen LogP contribution is 2.31. The molecule has 0 spiro atoms. The van der Waals surface area contributed by atoms with Crippen molar-refractivity contribution < 1.29 is 23.7 Å². The van der Waals surface area contributed by atoms with Gasteiger partial charge in [0.25, 0.3) is 0 Å².